The van der Waals surface area contributed by atoms with Crippen LogP contribution >= 0.6 is 22.9 Å². The van der Waals surface area contributed by atoms with Crippen LogP contribution in [-0.4, -0.2) is 25.0 Å². The van der Waals surface area contributed by atoms with Gasteiger partial charge in [0, 0.05) is 11.1 Å². The summed E-state index contributed by atoms with van der Waals surface area (Å²) in [6.45, 7) is 3.45. The van der Waals surface area contributed by atoms with Crippen LogP contribution < -0.4 is 15.4 Å². The molecule has 0 spiro atoms. The molecule has 1 unspecified atom stereocenters. The number of anilines is 1. The highest BCUT2D eigenvalue weighted by Crippen LogP contribution is 2.31. The van der Waals surface area contributed by atoms with Gasteiger partial charge < -0.3 is 15.4 Å². The van der Waals surface area contributed by atoms with Crippen molar-refractivity contribution in [1.29, 1.82) is 0 Å². The summed E-state index contributed by atoms with van der Waals surface area (Å²) in [4.78, 5) is 24.8. The molecule has 7 heteroatoms. The minimum atomic E-state index is -0.690. The maximum Gasteiger partial charge on any atom is 0.261 e. The average Bonchev–Trinajstić information content (AvgIpc) is 3.04. The summed E-state index contributed by atoms with van der Waals surface area (Å²) < 4.78 is 5.22. The molecule has 23 heavy (non-hydrogen) atoms. The maximum atomic E-state index is 12.3. The van der Waals surface area contributed by atoms with E-state index in [4.69, 9.17) is 16.3 Å². The highest BCUT2D eigenvalue weighted by molar-refractivity contribution is 7.12. The molecule has 0 saturated heterocycles. The van der Waals surface area contributed by atoms with Crippen LogP contribution in [-0.2, 0) is 4.79 Å². The number of benzene rings is 1. The highest BCUT2D eigenvalue weighted by Gasteiger charge is 2.19. The van der Waals surface area contributed by atoms with E-state index >= 15 is 0 Å². The molecule has 1 heterocycles. The first-order chi connectivity index (χ1) is 10.9. The maximum absolute atomic E-state index is 12.3. The SMILES string of the molecule is COc1cc(Cl)c(C)cc1NC(=O)C(C)NC(=O)c1cccs1. The second-order valence-electron chi connectivity index (χ2n) is 4.96. The van der Waals surface area contributed by atoms with E-state index in [-0.39, 0.29) is 11.8 Å². The lowest BCUT2D eigenvalue weighted by Gasteiger charge is -2.16. The number of ether oxygens (including phenoxy) is 1. The van der Waals surface area contributed by atoms with Gasteiger partial charge in [-0.1, -0.05) is 17.7 Å². The third kappa shape index (κ3) is 4.24. The van der Waals surface area contributed by atoms with Crippen molar-refractivity contribution in [2.75, 3.05) is 12.4 Å². The van der Waals surface area contributed by atoms with Crippen LogP contribution in [0.2, 0.25) is 5.02 Å². The van der Waals surface area contributed by atoms with E-state index in [1.54, 1.807) is 36.6 Å². The van der Waals surface area contributed by atoms with Crippen molar-refractivity contribution in [3.05, 3.63) is 45.1 Å². The fourth-order valence-corrected chi connectivity index (χ4v) is 2.69. The van der Waals surface area contributed by atoms with Gasteiger partial charge in [0.15, 0.2) is 0 Å². The molecule has 122 valence electrons. The first-order valence-electron chi connectivity index (χ1n) is 6.91. The average molecular weight is 353 g/mol. The Labute approximate surface area is 143 Å². The molecule has 0 aliphatic heterocycles. The van der Waals surface area contributed by atoms with E-state index in [0.717, 1.165) is 5.56 Å². The summed E-state index contributed by atoms with van der Waals surface area (Å²) in [7, 11) is 1.50. The van der Waals surface area contributed by atoms with Crippen molar-refractivity contribution < 1.29 is 14.3 Å². The van der Waals surface area contributed by atoms with Crippen LogP contribution in [0, 0.1) is 6.92 Å². The van der Waals surface area contributed by atoms with Gasteiger partial charge >= 0.3 is 0 Å². The van der Waals surface area contributed by atoms with E-state index in [9.17, 15) is 9.59 Å². The summed E-state index contributed by atoms with van der Waals surface area (Å²) in [5, 5.41) is 7.77. The lowest BCUT2D eigenvalue weighted by atomic mass is 10.2. The third-order valence-electron chi connectivity index (χ3n) is 3.22. The number of nitrogens with one attached hydrogen (secondary N) is 2. The minimum Gasteiger partial charge on any atom is -0.495 e. The van der Waals surface area contributed by atoms with Crippen molar-refractivity contribution in [3.63, 3.8) is 0 Å². The molecule has 1 aromatic carbocycles. The van der Waals surface area contributed by atoms with Crippen molar-refractivity contribution in [2.45, 2.75) is 19.9 Å². The van der Waals surface area contributed by atoms with Crippen LogP contribution in [0.3, 0.4) is 0 Å². The monoisotopic (exact) mass is 352 g/mol. The summed E-state index contributed by atoms with van der Waals surface area (Å²) in [6.07, 6.45) is 0. The predicted octanol–water partition coefficient (Wildman–Crippen LogP) is 3.48. The zero-order valence-electron chi connectivity index (χ0n) is 13.0. The van der Waals surface area contributed by atoms with Crippen molar-refractivity contribution in [1.82, 2.24) is 5.32 Å². The van der Waals surface area contributed by atoms with Crippen molar-refractivity contribution >= 4 is 40.4 Å². The van der Waals surface area contributed by atoms with Crippen LogP contribution in [0.15, 0.2) is 29.6 Å². The zero-order valence-corrected chi connectivity index (χ0v) is 14.5. The van der Waals surface area contributed by atoms with Crippen molar-refractivity contribution in [2.24, 2.45) is 0 Å². The summed E-state index contributed by atoms with van der Waals surface area (Å²) in [5.41, 5.74) is 1.33. The number of thiophene rings is 1. The normalized spacial score (nSPS) is 11.7. The molecule has 2 rings (SSSR count). The first kappa shape index (κ1) is 17.3. The topological polar surface area (TPSA) is 67.4 Å². The molecule has 2 amide bonds. The third-order valence-corrected chi connectivity index (χ3v) is 4.50. The van der Waals surface area contributed by atoms with E-state index in [1.165, 1.54) is 18.4 Å². The fraction of sp³-hybridized carbons (Fsp3) is 0.250. The van der Waals surface area contributed by atoms with E-state index in [1.807, 2.05) is 6.92 Å². The second kappa shape index (κ2) is 7.48. The lowest BCUT2D eigenvalue weighted by Crippen LogP contribution is -2.41. The Kier molecular flexibility index (Phi) is 5.63. The van der Waals surface area contributed by atoms with Gasteiger partial charge in [-0.15, -0.1) is 11.3 Å². The molecule has 0 bridgehead atoms. The van der Waals surface area contributed by atoms with Crippen LogP contribution in [0.25, 0.3) is 0 Å². The van der Waals surface area contributed by atoms with Gasteiger partial charge in [0.2, 0.25) is 5.91 Å². The smallest absolute Gasteiger partial charge is 0.261 e. The van der Waals surface area contributed by atoms with Gasteiger partial charge in [-0.25, -0.2) is 0 Å². The number of halogens is 1. The first-order valence-corrected chi connectivity index (χ1v) is 8.17. The number of methoxy groups -OCH3 is 1. The standard InChI is InChI=1S/C16H17ClN2O3S/c1-9-7-12(13(22-3)8-11(9)17)19-15(20)10(2)18-16(21)14-5-4-6-23-14/h4-8,10H,1-3H3,(H,18,21)(H,19,20). The summed E-state index contributed by atoms with van der Waals surface area (Å²) in [6, 6.07) is 6.17. The molecule has 0 radical (unpaired) electrons. The molecule has 0 aliphatic carbocycles. The number of carbonyl (C=O) groups is 2. The Morgan fingerprint density at radius 1 is 1.35 bits per heavy atom. The van der Waals surface area contributed by atoms with Gasteiger partial charge in [-0.2, -0.15) is 0 Å². The summed E-state index contributed by atoms with van der Waals surface area (Å²) >= 11 is 7.36. The quantitative estimate of drug-likeness (QED) is 0.865. The molecule has 1 aromatic heterocycles. The van der Waals surface area contributed by atoms with Gasteiger partial charge in [0.25, 0.3) is 5.91 Å². The Morgan fingerprint density at radius 3 is 2.70 bits per heavy atom. The molecule has 2 N–H and O–H groups in total. The molecule has 1 atom stereocenters. The number of rotatable bonds is 5. The zero-order chi connectivity index (χ0) is 17.0. The number of carbonyl (C=O) groups excluding carboxylic acids is 2. The Morgan fingerprint density at radius 2 is 2.09 bits per heavy atom. The fourth-order valence-electron chi connectivity index (χ4n) is 1.91. The Hall–Kier alpha value is -2.05. The lowest BCUT2D eigenvalue weighted by molar-refractivity contribution is -0.117. The van der Waals surface area contributed by atoms with Gasteiger partial charge in [-0.3, -0.25) is 9.59 Å². The van der Waals surface area contributed by atoms with E-state index < -0.39 is 6.04 Å². The molecular weight excluding hydrogens is 336 g/mol. The number of hydrogen-bond donors (Lipinski definition) is 2. The number of aryl methyl sites for hydroxylation is 1. The number of amides is 2. The Balaban J connectivity index is 2.06. The van der Waals surface area contributed by atoms with Gasteiger partial charge in [0.05, 0.1) is 17.7 Å². The molecule has 5 nitrogen and oxygen atoms in total. The Bertz CT molecular complexity index is 716. The number of hydrogen-bond acceptors (Lipinski definition) is 4. The molecule has 0 fully saturated rings. The molecule has 0 saturated carbocycles. The largest absolute Gasteiger partial charge is 0.495 e. The van der Waals surface area contributed by atoms with Crippen LogP contribution in [0.4, 0.5) is 5.69 Å². The van der Waals surface area contributed by atoms with Crippen LogP contribution in [0.5, 0.6) is 5.75 Å². The summed E-state index contributed by atoms with van der Waals surface area (Å²) in [5.74, 6) is -0.150. The molecule has 0 aliphatic rings. The molecular formula is C16H17ClN2O3S. The second-order valence-corrected chi connectivity index (χ2v) is 6.32. The van der Waals surface area contributed by atoms with Crippen molar-refractivity contribution in [3.8, 4) is 5.75 Å². The minimum absolute atomic E-state index is 0.276. The van der Waals surface area contributed by atoms with E-state index in [2.05, 4.69) is 10.6 Å². The van der Waals surface area contributed by atoms with Crippen LogP contribution in [0.1, 0.15) is 22.2 Å². The van der Waals surface area contributed by atoms with Gasteiger partial charge in [-0.05, 0) is 36.9 Å². The van der Waals surface area contributed by atoms with Gasteiger partial charge in [0.1, 0.15) is 11.8 Å². The predicted molar refractivity (Wildman–Crippen MR) is 92.6 cm³/mol. The van der Waals surface area contributed by atoms with E-state index in [0.29, 0.717) is 21.3 Å². The highest BCUT2D eigenvalue weighted by atomic mass is 35.5. The molecule has 2 aromatic rings.